The third-order valence-electron chi connectivity index (χ3n) is 6.02. The summed E-state index contributed by atoms with van der Waals surface area (Å²) in [5.41, 5.74) is 3.93. The van der Waals surface area contributed by atoms with E-state index in [1.807, 2.05) is 52.7 Å². The summed E-state index contributed by atoms with van der Waals surface area (Å²) in [6, 6.07) is 12.4. The van der Waals surface area contributed by atoms with Gasteiger partial charge in [-0.05, 0) is 61.2 Å². The SMILES string of the molecule is COc1cc(C=Cc2nc3n(n2)CCC[C@@H]3c2ccc(F)cc2C#N)ccc1-n1cnc(C)c1. The quantitative estimate of drug-likeness (QED) is 0.429. The van der Waals surface area contributed by atoms with Crippen LogP contribution in [0, 0.1) is 24.1 Å². The van der Waals surface area contributed by atoms with E-state index in [1.54, 1.807) is 19.5 Å². The Kier molecular flexibility index (Phi) is 5.68. The molecule has 34 heavy (non-hydrogen) atoms. The lowest BCUT2D eigenvalue weighted by atomic mass is 9.88. The van der Waals surface area contributed by atoms with Crippen molar-refractivity contribution < 1.29 is 9.13 Å². The van der Waals surface area contributed by atoms with Crippen LogP contribution >= 0.6 is 0 Å². The molecule has 1 aliphatic rings. The Labute approximate surface area is 196 Å². The number of aromatic nitrogens is 5. The van der Waals surface area contributed by atoms with E-state index in [2.05, 4.69) is 16.2 Å². The molecule has 3 heterocycles. The van der Waals surface area contributed by atoms with Crippen LogP contribution in [0.3, 0.4) is 0 Å². The molecule has 7 nitrogen and oxygen atoms in total. The summed E-state index contributed by atoms with van der Waals surface area (Å²) in [5, 5.41) is 14.1. The van der Waals surface area contributed by atoms with E-state index in [1.165, 1.54) is 12.1 Å². The highest BCUT2D eigenvalue weighted by atomic mass is 19.1. The average Bonchev–Trinajstić information content (AvgIpc) is 3.48. The Bertz CT molecular complexity index is 1430. The van der Waals surface area contributed by atoms with Crippen molar-refractivity contribution in [2.24, 2.45) is 0 Å². The van der Waals surface area contributed by atoms with E-state index in [0.717, 1.165) is 53.5 Å². The summed E-state index contributed by atoms with van der Waals surface area (Å²) < 4.78 is 23.0. The lowest BCUT2D eigenvalue weighted by molar-refractivity contribution is 0.413. The van der Waals surface area contributed by atoms with Gasteiger partial charge in [0.2, 0.25) is 0 Å². The maximum absolute atomic E-state index is 13.6. The number of aryl methyl sites for hydroxylation is 2. The van der Waals surface area contributed by atoms with Crippen molar-refractivity contribution in [3.63, 3.8) is 0 Å². The molecular formula is C26H23FN6O. The predicted molar refractivity (Wildman–Crippen MR) is 126 cm³/mol. The Hall–Kier alpha value is -4.25. The third-order valence-corrected chi connectivity index (χ3v) is 6.02. The van der Waals surface area contributed by atoms with E-state index < -0.39 is 5.82 Å². The summed E-state index contributed by atoms with van der Waals surface area (Å²) in [7, 11) is 1.65. The number of hydrogen-bond acceptors (Lipinski definition) is 5. The van der Waals surface area contributed by atoms with Gasteiger partial charge < -0.3 is 9.30 Å². The van der Waals surface area contributed by atoms with Crippen LogP contribution in [0.5, 0.6) is 5.75 Å². The van der Waals surface area contributed by atoms with Gasteiger partial charge in [0.05, 0.1) is 36.5 Å². The van der Waals surface area contributed by atoms with Crippen LogP contribution in [0.4, 0.5) is 4.39 Å². The van der Waals surface area contributed by atoms with Crippen molar-refractivity contribution in [2.45, 2.75) is 32.2 Å². The van der Waals surface area contributed by atoms with E-state index in [0.29, 0.717) is 11.4 Å². The van der Waals surface area contributed by atoms with Crippen LogP contribution < -0.4 is 4.74 Å². The number of methoxy groups -OCH3 is 1. The Morgan fingerprint density at radius 2 is 2.09 bits per heavy atom. The minimum Gasteiger partial charge on any atom is -0.495 e. The summed E-state index contributed by atoms with van der Waals surface area (Å²) in [6.45, 7) is 2.71. The van der Waals surface area contributed by atoms with Gasteiger partial charge in [-0.2, -0.15) is 10.4 Å². The molecule has 4 aromatic rings. The van der Waals surface area contributed by atoms with Crippen molar-refractivity contribution >= 4 is 12.2 Å². The Morgan fingerprint density at radius 1 is 1.21 bits per heavy atom. The zero-order chi connectivity index (χ0) is 23.7. The minimum atomic E-state index is -0.411. The maximum atomic E-state index is 13.6. The molecule has 5 rings (SSSR count). The topological polar surface area (TPSA) is 81.5 Å². The highest BCUT2D eigenvalue weighted by molar-refractivity contribution is 5.69. The summed E-state index contributed by atoms with van der Waals surface area (Å²) in [6.07, 6.45) is 9.28. The van der Waals surface area contributed by atoms with Gasteiger partial charge in [0.15, 0.2) is 5.82 Å². The summed E-state index contributed by atoms with van der Waals surface area (Å²) in [4.78, 5) is 9.03. The number of imidazole rings is 1. The number of ether oxygens (including phenoxy) is 1. The standard InChI is InChI=1S/C26H23FN6O/c1-17-15-32(16-29-17)23-9-5-18(12-24(23)34-2)6-10-25-30-26-22(4-3-11-33(26)31-25)21-8-7-20(27)13-19(21)14-28/h5-10,12-13,15-16,22H,3-4,11H2,1-2H3/t22-/m1/s1. The van der Waals surface area contributed by atoms with Gasteiger partial charge in [0.1, 0.15) is 17.4 Å². The molecule has 0 saturated carbocycles. The fourth-order valence-electron chi connectivity index (χ4n) is 4.40. The van der Waals surface area contributed by atoms with Crippen molar-refractivity contribution in [1.82, 2.24) is 24.3 Å². The molecule has 8 heteroatoms. The van der Waals surface area contributed by atoms with Crippen LogP contribution in [-0.2, 0) is 6.54 Å². The van der Waals surface area contributed by atoms with Crippen molar-refractivity contribution in [3.8, 4) is 17.5 Å². The molecule has 2 aromatic carbocycles. The lowest BCUT2D eigenvalue weighted by Gasteiger charge is -2.23. The van der Waals surface area contributed by atoms with Gasteiger partial charge in [0, 0.05) is 18.7 Å². The van der Waals surface area contributed by atoms with Crippen LogP contribution in [0.2, 0.25) is 0 Å². The van der Waals surface area contributed by atoms with Crippen LogP contribution in [-0.4, -0.2) is 31.4 Å². The highest BCUT2D eigenvalue weighted by Crippen LogP contribution is 2.34. The summed E-state index contributed by atoms with van der Waals surface area (Å²) >= 11 is 0. The molecule has 170 valence electrons. The molecule has 0 aliphatic carbocycles. The maximum Gasteiger partial charge on any atom is 0.174 e. The molecular weight excluding hydrogens is 431 g/mol. The lowest BCUT2D eigenvalue weighted by Crippen LogP contribution is -2.18. The van der Waals surface area contributed by atoms with E-state index in [-0.39, 0.29) is 5.92 Å². The van der Waals surface area contributed by atoms with E-state index in [9.17, 15) is 9.65 Å². The van der Waals surface area contributed by atoms with Gasteiger partial charge in [-0.3, -0.25) is 0 Å². The highest BCUT2D eigenvalue weighted by Gasteiger charge is 2.27. The number of rotatable bonds is 5. The molecule has 2 aromatic heterocycles. The molecule has 0 bridgehead atoms. The molecule has 0 radical (unpaired) electrons. The van der Waals surface area contributed by atoms with Crippen LogP contribution in [0.25, 0.3) is 17.8 Å². The molecule has 1 atom stereocenters. The first-order chi connectivity index (χ1) is 16.6. The van der Waals surface area contributed by atoms with Gasteiger partial charge in [-0.1, -0.05) is 18.2 Å². The normalized spacial score (nSPS) is 15.3. The van der Waals surface area contributed by atoms with Gasteiger partial charge in [-0.15, -0.1) is 0 Å². The number of fused-ring (bicyclic) bond motifs is 1. The number of hydrogen-bond donors (Lipinski definition) is 0. The molecule has 0 N–H and O–H groups in total. The first kappa shape index (κ1) is 21.6. The second-order valence-corrected chi connectivity index (χ2v) is 8.28. The zero-order valence-corrected chi connectivity index (χ0v) is 18.9. The van der Waals surface area contributed by atoms with Crippen LogP contribution in [0.1, 0.15) is 52.8 Å². The monoisotopic (exact) mass is 454 g/mol. The number of nitriles is 1. The van der Waals surface area contributed by atoms with E-state index in [4.69, 9.17) is 9.72 Å². The third kappa shape index (κ3) is 4.08. The molecule has 0 saturated heterocycles. The van der Waals surface area contributed by atoms with Crippen molar-refractivity contribution in [2.75, 3.05) is 7.11 Å². The fraction of sp³-hybridized carbons (Fsp3) is 0.231. The number of benzene rings is 2. The molecule has 1 aliphatic heterocycles. The average molecular weight is 455 g/mol. The molecule has 0 spiro atoms. The number of nitrogens with zero attached hydrogens (tertiary/aromatic N) is 6. The molecule has 0 fully saturated rings. The largest absolute Gasteiger partial charge is 0.495 e. The van der Waals surface area contributed by atoms with Crippen molar-refractivity contribution in [3.05, 3.63) is 88.8 Å². The first-order valence-corrected chi connectivity index (χ1v) is 11.1. The first-order valence-electron chi connectivity index (χ1n) is 11.1. The van der Waals surface area contributed by atoms with Gasteiger partial charge in [0.25, 0.3) is 0 Å². The van der Waals surface area contributed by atoms with Crippen LogP contribution in [0.15, 0.2) is 48.9 Å². The minimum absolute atomic E-state index is 0.0864. The summed E-state index contributed by atoms with van der Waals surface area (Å²) in [5.74, 6) is 1.63. The number of halogens is 1. The Morgan fingerprint density at radius 3 is 2.85 bits per heavy atom. The van der Waals surface area contributed by atoms with Gasteiger partial charge in [-0.25, -0.2) is 19.0 Å². The van der Waals surface area contributed by atoms with E-state index >= 15 is 0 Å². The second kappa shape index (κ2) is 8.94. The fourth-order valence-corrected chi connectivity index (χ4v) is 4.40. The molecule has 0 amide bonds. The van der Waals surface area contributed by atoms with Crippen molar-refractivity contribution in [1.29, 1.82) is 5.26 Å². The molecule has 0 unspecified atom stereocenters. The Balaban J connectivity index is 1.43. The van der Waals surface area contributed by atoms with Gasteiger partial charge >= 0.3 is 0 Å². The zero-order valence-electron chi connectivity index (χ0n) is 18.9. The predicted octanol–water partition coefficient (Wildman–Crippen LogP) is 4.89. The smallest absolute Gasteiger partial charge is 0.174 e. The second-order valence-electron chi connectivity index (χ2n) is 8.28.